The third kappa shape index (κ3) is 3.39. The first-order valence-corrected chi connectivity index (χ1v) is 6.48. The molecule has 0 fully saturated rings. The van der Waals surface area contributed by atoms with E-state index in [2.05, 4.69) is 20.5 Å². The molecule has 1 aromatic heterocycles. The van der Waals surface area contributed by atoms with E-state index in [0.29, 0.717) is 28.5 Å². The van der Waals surface area contributed by atoms with Crippen LogP contribution in [0.15, 0.2) is 24.3 Å². The maximum absolute atomic E-state index is 11.5. The lowest BCUT2D eigenvalue weighted by Crippen LogP contribution is -2.05. The largest absolute Gasteiger partial charge is 0.462 e. The predicted molar refractivity (Wildman–Crippen MR) is 77.6 cm³/mol. The van der Waals surface area contributed by atoms with Gasteiger partial charge < -0.3 is 10.1 Å². The van der Waals surface area contributed by atoms with Gasteiger partial charge >= 0.3 is 5.97 Å². The molecule has 0 atom stereocenters. The number of anilines is 2. The number of H-pyrrole nitrogens is 1. The number of nitrogens with one attached hydrogen (secondary N) is 2. The first-order valence-electron chi connectivity index (χ1n) is 6.07. The summed E-state index contributed by atoms with van der Waals surface area (Å²) in [5.74, 6) is 0.245. The van der Waals surface area contributed by atoms with Crippen molar-refractivity contribution in [2.75, 3.05) is 11.9 Å². The number of carbonyl (C=O) groups excluding carboxylic acids is 1. The molecule has 0 saturated heterocycles. The van der Waals surface area contributed by atoms with Gasteiger partial charge in [0.15, 0.2) is 5.82 Å². The number of aryl methyl sites for hydroxylation is 1. The third-order valence-corrected chi connectivity index (χ3v) is 2.72. The number of rotatable bonds is 4. The highest BCUT2D eigenvalue weighted by Gasteiger charge is 2.06. The molecule has 0 aliphatic carbocycles. The van der Waals surface area contributed by atoms with Crippen LogP contribution in [0.5, 0.6) is 0 Å². The summed E-state index contributed by atoms with van der Waals surface area (Å²) >= 11 is 4.93. The Balaban J connectivity index is 2.16. The molecule has 6 nitrogen and oxygen atoms in total. The molecule has 0 unspecified atom stereocenters. The number of nitrogens with zero attached hydrogens (tertiary/aromatic N) is 2. The zero-order valence-electron chi connectivity index (χ0n) is 11.1. The number of carbonyl (C=O) groups is 1. The van der Waals surface area contributed by atoms with E-state index in [1.807, 2.05) is 6.92 Å². The summed E-state index contributed by atoms with van der Waals surface area (Å²) in [5.41, 5.74) is 2.00. The van der Waals surface area contributed by atoms with Crippen LogP contribution in [-0.4, -0.2) is 27.8 Å². The Kier molecular flexibility index (Phi) is 4.41. The van der Waals surface area contributed by atoms with Crippen molar-refractivity contribution in [1.82, 2.24) is 15.2 Å². The van der Waals surface area contributed by atoms with Gasteiger partial charge in [0.25, 0.3) is 0 Å². The summed E-state index contributed by atoms with van der Waals surface area (Å²) in [6.07, 6.45) is 0. The van der Waals surface area contributed by atoms with Crippen LogP contribution in [0.2, 0.25) is 0 Å². The summed E-state index contributed by atoms with van der Waals surface area (Å²) in [6.45, 7) is 3.94. The first kappa shape index (κ1) is 14.1. The molecular weight excluding hydrogens is 276 g/mol. The summed E-state index contributed by atoms with van der Waals surface area (Å²) in [5, 5.41) is 9.73. The minimum absolute atomic E-state index is 0.307. The molecule has 0 bridgehead atoms. The number of hydrogen-bond acceptors (Lipinski definition) is 6. The van der Waals surface area contributed by atoms with Crippen LogP contribution in [0.25, 0.3) is 0 Å². The monoisotopic (exact) mass is 290 g/mol. The van der Waals surface area contributed by atoms with Gasteiger partial charge in [-0.15, -0.1) is 0 Å². The predicted octanol–water partition coefficient (Wildman–Crippen LogP) is 2.76. The van der Waals surface area contributed by atoms with Gasteiger partial charge in [0.1, 0.15) is 5.69 Å². The molecule has 2 N–H and O–H groups in total. The van der Waals surface area contributed by atoms with Gasteiger partial charge in [0, 0.05) is 5.69 Å². The normalized spacial score (nSPS) is 10.1. The van der Waals surface area contributed by atoms with Gasteiger partial charge in [-0.25, -0.2) is 4.79 Å². The lowest BCUT2D eigenvalue weighted by Gasteiger charge is -2.08. The van der Waals surface area contributed by atoms with Crippen LogP contribution < -0.4 is 5.32 Å². The molecule has 2 aromatic rings. The van der Waals surface area contributed by atoms with Gasteiger partial charge in [-0.3, -0.25) is 5.10 Å². The Labute approximate surface area is 121 Å². The highest BCUT2D eigenvalue weighted by molar-refractivity contribution is 7.71. The topological polar surface area (TPSA) is 79.9 Å². The van der Waals surface area contributed by atoms with Crippen molar-refractivity contribution >= 4 is 29.7 Å². The van der Waals surface area contributed by atoms with E-state index in [9.17, 15) is 4.79 Å². The fraction of sp³-hybridized carbons (Fsp3) is 0.231. The fourth-order valence-corrected chi connectivity index (χ4v) is 1.69. The summed E-state index contributed by atoms with van der Waals surface area (Å²) in [7, 11) is 0. The zero-order valence-corrected chi connectivity index (χ0v) is 12.0. The second-order valence-corrected chi connectivity index (χ2v) is 4.38. The highest BCUT2D eigenvalue weighted by atomic mass is 32.1. The molecule has 0 aliphatic rings. The van der Waals surface area contributed by atoms with E-state index >= 15 is 0 Å². The Morgan fingerprint density at radius 1 is 1.40 bits per heavy atom. The van der Waals surface area contributed by atoms with E-state index < -0.39 is 0 Å². The number of hydrogen-bond donors (Lipinski definition) is 2. The third-order valence-electron chi connectivity index (χ3n) is 2.53. The second-order valence-electron chi connectivity index (χ2n) is 4.00. The van der Waals surface area contributed by atoms with Gasteiger partial charge in [0.2, 0.25) is 4.77 Å². The van der Waals surface area contributed by atoms with Crippen molar-refractivity contribution in [3.63, 3.8) is 0 Å². The Hall–Kier alpha value is -2.28. The summed E-state index contributed by atoms with van der Waals surface area (Å²) < 4.78 is 5.23. The lowest BCUT2D eigenvalue weighted by molar-refractivity contribution is 0.0526. The SMILES string of the molecule is CCOC(=O)c1ccc(Nc2nc(=S)[nH]nc2C)cc1. The van der Waals surface area contributed by atoms with Crippen molar-refractivity contribution in [3.05, 3.63) is 40.3 Å². The molecule has 7 heteroatoms. The first-order chi connectivity index (χ1) is 9.60. The minimum Gasteiger partial charge on any atom is -0.462 e. The number of benzene rings is 1. The van der Waals surface area contributed by atoms with Gasteiger partial charge in [-0.05, 0) is 50.3 Å². The maximum Gasteiger partial charge on any atom is 0.338 e. The standard InChI is InChI=1S/C13H14N4O2S/c1-3-19-12(18)9-4-6-10(7-5-9)14-11-8(2)16-17-13(20)15-11/h4-7H,3H2,1-2H3,(H2,14,15,17,20). The van der Waals surface area contributed by atoms with Gasteiger partial charge in [-0.1, -0.05) is 0 Å². The quantitative estimate of drug-likeness (QED) is 0.666. The lowest BCUT2D eigenvalue weighted by atomic mass is 10.2. The van der Waals surface area contributed by atoms with E-state index in [-0.39, 0.29) is 5.97 Å². The van der Waals surface area contributed by atoms with Crippen LogP contribution >= 0.6 is 12.2 Å². The molecule has 0 radical (unpaired) electrons. The molecule has 0 saturated carbocycles. The van der Waals surface area contributed by atoms with Crippen molar-refractivity contribution in [1.29, 1.82) is 0 Å². The van der Waals surface area contributed by atoms with Crippen molar-refractivity contribution in [2.45, 2.75) is 13.8 Å². The van der Waals surface area contributed by atoms with E-state index in [1.54, 1.807) is 31.2 Å². The number of ether oxygens (including phenoxy) is 1. The molecular formula is C13H14N4O2S. The van der Waals surface area contributed by atoms with Crippen molar-refractivity contribution < 1.29 is 9.53 Å². The number of aromatic amines is 1. The number of aromatic nitrogens is 3. The molecule has 0 amide bonds. The molecule has 2 rings (SSSR count). The summed E-state index contributed by atoms with van der Waals surface area (Å²) in [6, 6.07) is 6.92. The van der Waals surface area contributed by atoms with E-state index in [4.69, 9.17) is 17.0 Å². The highest BCUT2D eigenvalue weighted by Crippen LogP contribution is 2.17. The van der Waals surface area contributed by atoms with Crippen molar-refractivity contribution in [2.24, 2.45) is 0 Å². The van der Waals surface area contributed by atoms with Crippen LogP contribution in [0, 0.1) is 11.7 Å². The molecule has 1 aromatic carbocycles. The van der Waals surface area contributed by atoms with E-state index in [1.165, 1.54) is 0 Å². The Morgan fingerprint density at radius 2 is 2.10 bits per heavy atom. The smallest absolute Gasteiger partial charge is 0.338 e. The van der Waals surface area contributed by atoms with Crippen LogP contribution in [0.4, 0.5) is 11.5 Å². The molecule has 20 heavy (non-hydrogen) atoms. The molecule has 0 aliphatic heterocycles. The average Bonchev–Trinajstić information content (AvgIpc) is 2.44. The van der Waals surface area contributed by atoms with Crippen LogP contribution in [0.3, 0.4) is 0 Å². The minimum atomic E-state index is -0.336. The maximum atomic E-state index is 11.5. The van der Waals surface area contributed by atoms with Crippen LogP contribution in [0.1, 0.15) is 23.0 Å². The van der Waals surface area contributed by atoms with E-state index in [0.717, 1.165) is 5.69 Å². The second kappa shape index (κ2) is 6.25. The molecule has 104 valence electrons. The zero-order chi connectivity index (χ0) is 14.5. The molecule has 0 spiro atoms. The molecule has 1 heterocycles. The summed E-state index contributed by atoms with van der Waals surface area (Å²) in [4.78, 5) is 15.7. The van der Waals surface area contributed by atoms with Gasteiger partial charge in [-0.2, -0.15) is 10.1 Å². The van der Waals surface area contributed by atoms with Crippen molar-refractivity contribution in [3.8, 4) is 0 Å². The Bertz CT molecular complexity index is 667. The number of esters is 1. The average molecular weight is 290 g/mol. The van der Waals surface area contributed by atoms with Crippen LogP contribution in [-0.2, 0) is 4.74 Å². The fourth-order valence-electron chi connectivity index (χ4n) is 1.55. The van der Waals surface area contributed by atoms with Gasteiger partial charge in [0.05, 0.1) is 12.2 Å². The Morgan fingerprint density at radius 3 is 2.75 bits per heavy atom.